The fourth-order valence-electron chi connectivity index (χ4n) is 1.28. The van der Waals surface area contributed by atoms with Gasteiger partial charge in [-0.15, -0.1) is 0 Å². The quantitative estimate of drug-likeness (QED) is 0.660. The smallest absolute Gasteiger partial charge is 0.182 e. The lowest BCUT2D eigenvalue weighted by Crippen LogP contribution is -2.22. The maximum atomic E-state index is 4.57. The molecule has 1 aromatic carbocycles. The molecule has 1 aliphatic heterocycles. The highest BCUT2D eigenvalue weighted by Gasteiger charge is 2.16. The van der Waals surface area contributed by atoms with E-state index in [2.05, 4.69) is 35.8 Å². The summed E-state index contributed by atoms with van der Waals surface area (Å²) in [5.41, 5.74) is 2.14. The van der Waals surface area contributed by atoms with Crippen LogP contribution in [0.5, 0.6) is 0 Å². The van der Waals surface area contributed by atoms with Gasteiger partial charge in [-0.2, -0.15) is 0 Å². The van der Waals surface area contributed by atoms with Gasteiger partial charge in [0.1, 0.15) is 0 Å². The summed E-state index contributed by atoms with van der Waals surface area (Å²) in [5.74, 6) is 0. The number of nitrogens with zero attached hydrogens (tertiary/aromatic N) is 1. The molecule has 0 atom stereocenters. The molecule has 0 aliphatic carbocycles. The van der Waals surface area contributed by atoms with Crippen LogP contribution in [0.2, 0.25) is 0 Å². The summed E-state index contributed by atoms with van der Waals surface area (Å²) in [6.07, 6.45) is 0. The van der Waals surface area contributed by atoms with Gasteiger partial charge in [0.15, 0.2) is 5.17 Å². The Morgan fingerprint density at radius 3 is 2.47 bits per heavy atom. The second-order valence-corrected chi connectivity index (χ2v) is 5.26. The number of rotatable bonds is 0. The second-order valence-electron chi connectivity index (χ2n) is 4.46. The topological polar surface area (TPSA) is 36.4 Å². The number of fused-ring (bicyclic) bond motifs is 1. The van der Waals surface area contributed by atoms with Crippen molar-refractivity contribution in [1.82, 2.24) is 0 Å². The third-order valence-corrected chi connectivity index (χ3v) is 2.57. The molecule has 0 bridgehead atoms. The van der Waals surface area contributed by atoms with Crippen molar-refractivity contribution in [3.8, 4) is 0 Å². The largest absolute Gasteiger partial charge is 0.332 e. The van der Waals surface area contributed by atoms with Gasteiger partial charge in [-0.25, -0.2) is 0 Å². The summed E-state index contributed by atoms with van der Waals surface area (Å²) in [5, 5.41) is 4.22. The monoisotopic (exact) mass is 221 g/mol. The van der Waals surface area contributed by atoms with Gasteiger partial charge in [-0.1, -0.05) is 12.1 Å². The summed E-state index contributed by atoms with van der Waals surface area (Å²) >= 11 is 1.52. The molecule has 0 spiro atoms. The lowest BCUT2D eigenvalue weighted by atomic mass is 10.1. The van der Waals surface area contributed by atoms with Gasteiger partial charge in [0.2, 0.25) is 0 Å². The van der Waals surface area contributed by atoms with Gasteiger partial charge in [0.05, 0.1) is 16.9 Å². The Morgan fingerprint density at radius 2 is 1.80 bits per heavy atom. The number of nitrogens with one attached hydrogen (secondary N) is 2. The third kappa shape index (κ3) is 2.65. The number of aliphatic imine (C=N–C) groups is 1. The molecule has 0 saturated heterocycles. The lowest BCUT2D eigenvalue weighted by Gasteiger charge is -2.22. The summed E-state index contributed by atoms with van der Waals surface area (Å²) in [6, 6.07) is 8.11. The van der Waals surface area contributed by atoms with Gasteiger partial charge in [-0.3, -0.25) is 4.99 Å². The minimum absolute atomic E-state index is 0.0523. The zero-order chi connectivity index (χ0) is 10.9. The first-order valence-corrected chi connectivity index (χ1v) is 5.75. The number of anilines is 2. The molecule has 80 valence electrons. The maximum absolute atomic E-state index is 4.57. The number of para-hydroxylation sites is 2. The van der Waals surface area contributed by atoms with E-state index in [-0.39, 0.29) is 5.54 Å². The highest BCUT2D eigenvalue weighted by molar-refractivity contribution is 8.15. The third-order valence-electron chi connectivity index (χ3n) is 1.86. The van der Waals surface area contributed by atoms with E-state index in [1.54, 1.807) is 0 Å². The Kier molecular flexibility index (Phi) is 2.61. The molecule has 0 radical (unpaired) electrons. The van der Waals surface area contributed by atoms with Crippen LogP contribution < -0.4 is 10.0 Å². The van der Waals surface area contributed by atoms with E-state index in [9.17, 15) is 0 Å². The Morgan fingerprint density at radius 1 is 1.13 bits per heavy atom. The zero-order valence-corrected chi connectivity index (χ0v) is 9.98. The van der Waals surface area contributed by atoms with E-state index >= 15 is 0 Å². The highest BCUT2D eigenvalue weighted by Crippen LogP contribution is 2.30. The molecule has 0 unspecified atom stereocenters. The SMILES string of the molecule is CC(C)(C)N=C1Nc2ccccc2NS1. The highest BCUT2D eigenvalue weighted by atomic mass is 32.2. The summed E-state index contributed by atoms with van der Waals surface area (Å²) in [4.78, 5) is 4.57. The predicted octanol–water partition coefficient (Wildman–Crippen LogP) is 3.33. The van der Waals surface area contributed by atoms with Crippen molar-refractivity contribution in [1.29, 1.82) is 0 Å². The molecular formula is C11H15N3S. The van der Waals surface area contributed by atoms with Crippen LogP contribution >= 0.6 is 11.9 Å². The molecule has 0 aromatic heterocycles. The molecule has 0 amide bonds. The molecule has 2 N–H and O–H groups in total. The van der Waals surface area contributed by atoms with Crippen molar-refractivity contribution in [3.05, 3.63) is 24.3 Å². The average Bonchev–Trinajstić information content (AvgIpc) is 2.15. The Labute approximate surface area is 94.5 Å². The minimum Gasteiger partial charge on any atom is -0.332 e. The normalized spacial score (nSPS) is 17.9. The van der Waals surface area contributed by atoms with Gasteiger partial charge >= 0.3 is 0 Å². The number of hydrogen-bond donors (Lipinski definition) is 2. The molecule has 3 nitrogen and oxygen atoms in total. The number of benzene rings is 1. The first kappa shape index (κ1) is 10.4. The van der Waals surface area contributed by atoms with Crippen molar-refractivity contribution in [2.24, 2.45) is 4.99 Å². The maximum Gasteiger partial charge on any atom is 0.182 e. The van der Waals surface area contributed by atoms with E-state index < -0.39 is 0 Å². The van der Waals surface area contributed by atoms with E-state index in [0.29, 0.717) is 0 Å². The Balaban J connectivity index is 2.23. The second kappa shape index (κ2) is 3.77. The van der Waals surface area contributed by atoms with Crippen molar-refractivity contribution in [2.75, 3.05) is 10.0 Å². The van der Waals surface area contributed by atoms with Crippen LogP contribution in [0.25, 0.3) is 0 Å². The number of amidine groups is 1. The fourth-order valence-corrected chi connectivity index (χ4v) is 2.15. The average molecular weight is 221 g/mol. The Hall–Kier alpha value is -1.16. The fraction of sp³-hybridized carbons (Fsp3) is 0.364. The molecule has 15 heavy (non-hydrogen) atoms. The zero-order valence-electron chi connectivity index (χ0n) is 9.16. The van der Waals surface area contributed by atoms with Crippen LogP contribution in [0.3, 0.4) is 0 Å². The van der Waals surface area contributed by atoms with E-state index in [1.807, 2.05) is 24.3 Å². The van der Waals surface area contributed by atoms with Crippen LogP contribution in [-0.4, -0.2) is 10.7 Å². The standard InChI is InChI=1S/C11H15N3S/c1-11(2,3)13-10-12-8-6-4-5-7-9(8)14-15-10/h4-7,14H,1-3H3,(H,12,13). The van der Waals surface area contributed by atoms with Crippen LogP contribution in [0.4, 0.5) is 11.4 Å². The van der Waals surface area contributed by atoms with Gasteiger partial charge in [-0.05, 0) is 32.9 Å². The van der Waals surface area contributed by atoms with Crippen LogP contribution in [0.15, 0.2) is 29.3 Å². The van der Waals surface area contributed by atoms with Crippen molar-refractivity contribution in [3.63, 3.8) is 0 Å². The van der Waals surface area contributed by atoms with Gasteiger partial charge in [0, 0.05) is 11.9 Å². The predicted molar refractivity (Wildman–Crippen MR) is 68.5 cm³/mol. The van der Waals surface area contributed by atoms with E-state index in [0.717, 1.165) is 16.5 Å². The van der Waals surface area contributed by atoms with Crippen molar-refractivity contribution >= 4 is 28.5 Å². The molecule has 1 aliphatic rings. The molecule has 1 heterocycles. The van der Waals surface area contributed by atoms with Crippen LogP contribution in [0, 0.1) is 0 Å². The lowest BCUT2D eigenvalue weighted by molar-refractivity contribution is 0.585. The van der Waals surface area contributed by atoms with Gasteiger partial charge < -0.3 is 10.0 Å². The van der Waals surface area contributed by atoms with E-state index in [1.165, 1.54) is 11.9 Å². The molecule has 4 heteroatoms. The van der Waals surface area contributed by atoms with E-state index in [4.69, 9.17) is 0 Å². The summed E-state index contributed by atoms with van der Waals surface area (Å²) in [6.45, 7) is 6.26. The van der Waals surface area contributed by atoms with Crippen molar-refractivity contribution in [2.45, 2.75) is 26.3 Å². The minimum atomic E-state index is -0.0523. The number of hydrogen-bond acceptors (Lipinski definition) is 3. The molecule has 2 rings (SSSR count). The molecular weight excluding hydrogens is 206 g/mol. The van der Waals surface area contributed by atoms with Crippen LogP contribution in [0.1, 0.15) is 20.8 Å². The van der Waals surface area contributed by atoms with Crippen molar-refractivity contribution < 1.29 is 0 Å². The Bertz CT molecular complexity index is 393. The first-order chi connectivity index (χ1) is 7.04. The summed E-state index contributed by atoms with van der Waals surface area (Å²) < 4.78 is 3.26. The van der Waals surface area contributed by atoms with Crippen LogP contribution in [-0.2, 0) is 0 Å². The summed E-state index contributed by atoms with van der Waals surface area (Å²) in [7, 11) is 0. The molecule has 0 saturated carbocycles. The molecule has 0 fully saturated rings. The first-order valence-electron chi connectivity index (χ1n) is 4.93. The van der Waals surface area contributed by atoms with Gasteiger partial charge in [0.25, 0.3) is 0 Å². The molecule has 1 aromatic rings.